The summed E-state index contributed by atoms with van der Waals surface area (Å²) in [4.78, 5) is 3.95. The molecule has 1 fully saturated rings. The van der Waals surface area contributed by atoms with Gasteiger partial charge in [0.1, 0.15) is 35.1 Å². The number of aliphatic hydroxyl groups is 2. The number of nitrogen functional groups attached to an aromatic ring is 1. The van der Waals surface area contributed by atoms with Gasteiger partial charge in [-0.15, -0.1) is 6.58 Å². The molecule has 1 aliphatic rings. The number of nitrogens with zero attached hydrogens (tertiary/aromatic N) is 4. The average molecular weight is 329 g/mol. The second-order valence-electron chi connectivity index (χ2n) is 6.08. The van der Waals surface area contributed by atoms with E-state index in [-0.39, 0.29) is 6.42 Å². The van der Waals surface area contributed by atoms with E-state index in [0.29, 0.717) is 17.0 Å². The molecule has 24 heavy (non-hydrogen) atoms. The number of fused-ring (bicyclic) bond motifs is 1. The summed E-state index contributed by atoms with van der Waals surface area (Å²) in [5.41, 5.74) is 4.45. The van der Waals surface area contributed by atoms with E-state index in [1.165, 1.54) is 6.33 Å². The molecule has 0 radical (unpaired) electrons. The first kappa shape index (κ1) is 16.4. The predicted octanol–water partition coefficient (Wildman–Crippen LogP) is 0.365. The topological polar surface area (TPSA) is 130 Å². The average Bonchev–Trinajstić information content (AvgIpc) is 3.10. The molecule has 3 heterocycles. The number of nitriles is 1. The van der Waals surface area contributed by atoms with Crippen LogP contribution in [0.5, 0.6) is 0 Å². The number of hydrogen-bond donors (Lipinski definition) is 3. The lowest BCUT2D eigenvalue weighted by molar-refractivity contribution is -0.0917. The fraction of sp³-hybridized carbons (Fsp3) is 0.438. The minimum absolute atomic E-state index is 0.251. The highest BCUT2D eigenvalue weighted by atomic mass is 16.5. The molecule has 1 saturated heterocycles. The van der Waals surface area contributed by atoms with Crippen molar-refractivity contribution in [2.24, 2.45) is 5.41 Å². The number of aromatic nitrogens is 3. The molecule has 8 nitrogen and oxygen atoms in total. The van der Waals surface area contributed by atoms with Crippen LogP contribution in [0, 0.1) is 16.7 Å². The first-order valence-corrected chi connectivity index (χ1v) is 7.52. The number of hydrogen-bond acceptors (Lipinski definition) is 7. The van der Waals surface area contributed by atoms with E-state index in [1.807, 2.05) is 0 Å². The Labute approximate surface area is 138 Å². The molecule has 0 amide bonds. The summed E-state index contributed by atoms with van der Waals surface area (Å²) >= 11 is 0. The number of anilines is 1. The summed E-state index contributed by atoms with van der Waals surface area (Å²) < 4.78 is 7.58. The second kappa shape index (κ2) is 5.56. The third kappa shape index (κ3) is 1.89. The second-order valence-corrected chi connectivity index (χ2v) is 6.08. The highest BCUT2D eigenvalue weighted by Crippen LogP contribution is 2.55. The van der Waals surface area contributed by atoms with E-state index in [0.717, 1.165) is 0 Å². The Morgan fingerprint density at radius 3 is 2.96 bits per heavy atom. The highest BCUT2D eigenvalue weighted by molar-refractivity contribution is 5.66. The number of nitrogens with two attached hydrogens (primary N) is 1. The molecule has 0 aliphatic carbocycles. The molecule has 0 spiro atoms. The Kier molecular flexibility index (Phi) is 3.80. The molecule has 126 valence electrons. The molecule has 2 aromatic rings. The normalized spacial score (nSPS) is 32.8. The zero-order chi connectivity index (χ0) is 17.5. The van der Waals surface area contributed by atoms with Gasteiger partial charge in [0.25, 0.3) is 0 Å². The Balaban J connectivity index is 2.31. The zero-order valence-corrected chi connectivity index (χ0v) is 13.3. The van der Waals surface area contributed by atoms with Crippen LogP contribution in [0.25, 0.3) is 5.52 Å². The van der Waals surface area contributed by atoms with Crippen LogP contribution in [0.2, 0.25) is 0 Å². The molecular formula is C16H19N5O3. The fourth-order valence-electron chi connectivity index (χ4n) is 3.50. The van der Waals surface area contributed by atoms with E-state index in [1.54, 1.807) is 29.6 Å². The lowest BCUT2D eigenvalue weighted by Crippen LogP contribution is -2.45. The summed E-state index contributed by atoms with van der Waals surface area (Å²) in [6.07, 6.45) is 1.12. The fourth-order valence-corrected chi connectivity index (χ4v) is 3.50. The number of rotatable bonds is 4. The van der Waals surface area contributed by atoms with Crippen LogP contribution in [0.15, 0.2) is 31.1 Å². The van der Waals surface area contributed by atoms with Crippen molar-refractivity contribution in [3.05, 3.63) is 36.8 Å². The molecular weight excluding hydrogens is 310 g/mol. The van der Waals surface area contributed by atoms with Gasteiger partial charge in [-0.3, -0.25) is 0 Å². The Morgan fingerprint density at radius 1 is 1.58 bits per heavy atom. The monoisotopic (exact) mass is 329 g/mol. The standard InChI is InChI=1S/C16H19N5O3/c1-3-6-16(15(2,8-17)13(23)11(7-22)24-16)12-5-4-10-14(18)19-9-20-21(10)12/h3-5,9,11,13,22-23H,1,6-7H2,2H3,(H2,18,19,20). The molecule has 8 heteroatoms. The lowest BCUT2D eigenvalue weighted by atomic mass is 9.68. The predicted molar refractivity (Wildman–Crippen MR) is 85.6 cm³/mol. The van der Waals surface area contributed by atoms with Gasteiger partial charge in [-0.25, -0.2) is 9.50 Å². The van der Waals surface area contributed by atoms with Crippen molar-refractivity contribution in [3.8, 4) is 6.07 Å². The van der Waals surface area contributed by atoms with Crippen molar-refractivity contribution in [1.82, 2.24) is 14.6 Å². The third-order valence-electron chi connectivity index (χ3n) is 4.87. The first-order valence-electron chi connectivity index (χ1n) is 7.52. The summed E-state index contributed by atoms with van der Waals surface area (Å²) in [7, 11) is 0. The maximum absolute atomic E-state index is 10.6. The smallest absolute Gasteiger partial charge is 0.151 e. The van der Waals surface area contributed by atoms with Crippen molar-refractivity contribution in [2.75, 3.05) is 12.3 Å². The first-order chi connectivity index (χ1) is 11.4. The van der Waals surface area contributed by atoms with E-state index in [2.05, 4.69) is 22.7 Å². The summed E-state index contributed by atoms with van der Waals surface area (Å²) in [6, 6.07) is 5.65. The van der Waals surface area contributed by atoms with Crippen molar-refractivity contribution in [2.45, 2.75) is 31.2 Å². The molecule has 4 N–H and O–H groups in total. The molecule has 4 unspecified atom stereocenters. The third-order valence-corrected chi connectivity index (χ3v) is 4.87. The van der Waals surface area contributed by atoms with Crippen LogP contribution in [0.3, 0.4) is 0 Å². The van der Waals surface area contributed by atoms with Crippen LogP contribution < -0.4 is 5.73 Å². The van der Waals surface area contributed by atoms with Gasteiger partial charge < -0.3 is 20.7 Å². The SMILES string of the molecule is C=CCC1(c2ccc3c(N)ncnn23)OC(CO)C(O)C1(C)C#N. The van der Waals surface area contributed by atoms with Crippen LogP contribution in [-0.4, -0.2) is 43.6 Å². The molecule has 0 bridgehead atoms. The molecule has 3 rings (SSSR count). The van der Waals surface area contributed by atoms with Gasteiger partial charge in [0.2, 0.25) is 0 Å². The number of aliphatic hydroxyl groups excluding tert-OH is 2. The lowest BCUT2D eigenvalue weighted by Gasteiger charge is -2.37. The minimum atomic E-state index is -1.32. The maximum Gasteiger partial charge on any atom is 0.151 e. The van der Waals surface area contributed by atoms with Crippen LogP contribution in [0.1, 0.15) is 19.0 Å². The summed E-state index contributed by atoms with van der Waals surface area (Å²) in [5.74, 6) is 0.293. The van der Waals surface area contributed by atoms with E-state index >= 15 is 0 Å². The van der Waals surface area contributed by atoms with E-state index in [9.17, 15) is 15.5 Å². The Morgan fingerprint density at radius 2 is 2.33 bits per heavy atom. The van der Waals surface area contributed by atoms with Crippen LogP contribution >= 0.6 is 0 Å². The van der Waals surface area contributed by atoms with Gasteiger partial charge in [-0.1, -0.05) is 6.08 Å². The minimum Gasteiger partial charge on any atom is -0.394 e. The molecule has 0 aromatic carbocycles. The molecule has 1 aliphatic heterocycles. The van der Waals surface area contributed by atoms with Crippen LogP contribution in [0.4, 0.5) is 5.82 Å². The Bertz CT molecular complexity index is 829. The van der Waals surface area contributed by atoms with Crippen molar-refractivity contribution in [1.29, 1.82) is 5.26 Å². The summed E-state index contributed by atoms with van der Waals surface area (Å²) in [6.45, 7) is 4.96. The van der Waals surface area contributed by atoms with Gasteiger partial charge in [-0.2, -0.15) is 10.4 Å². The van der Waals surface area contributed by atoms with Gasteiger partial charge >= 0.3 is 0 Å². The van der Waals surface area contributed by atoms with Gasteiger partial charge in [-0.05, 0) is 19.1 Å². The maximum atomic E-state index is 10.6. The Hall–Kier alpha value is -2.47. The molecule has 2 aromatic heterocycles. The zero-order valence-electron chi connectivity index (χ0n) is 13.3. The molecule has 0 saturated carbocycles. The van der Waals surface area contributed by atoms with Crippen molar-refractivity contribution < 1.29 is 14.9 Å². The quantitative estimate of drug-likeness (QED) is 0.691. The number of ether oxygens (including phenoxy) is 1. The van der Waals surface area contributed by atoms with E-state index in [4.69, 9.17) is 10.5 Å². The highest BCUT2D eigenvalue weighted by Gasteiger charge is 2.64. The summed E-state index contributed by atoms with van der Waals surface area (Å²) in [5, 5.41) is 34.2. The van der Waals surface area contributed by atoms with Gasteiger partial charge in [0.15, 0.2) is 5.82 Å². The molecule has 4 atom stereocenters. The van der Waals surface area contributed by atoms with E-state index < -0.39 is 29.8 Å². The largest absolute Gasteiger partial charge is 0.394 e. The van der Waals surface area contributed by atoms with Crippen molar-refractivity contribution in [3.63, 3.8) is 0 Å². The van der Waals surface area contributed by atoms with Gasteiger partial charge in [0.05, 0.1) is 18.4 Å². The van der Waals surface area contributed by atoms with Crippen LogP contribution in [-0.2, 0) is 10.3 Å². The van der Waals surface area contributed by atoms with Crippen molar-refractivity contribution >= 4 is 11.3 Å². The van der Waals surface area contributed by atoms with Gasteiger partial charge in [0, 0.05) is 6.42 Å².